The number of rotatable bonds is 6. The molecule has 1 heterocycles. The van der Waals surface area contributed by atoms with Crippen LogP contribution in [0.15, 0.2) is 66.9 Å². The molecule has 0 atom stereocenters. The summed E-state index contributed by atoms with van der Waals surface area (Å²) in [7, 11) is 0. The molecule has 0 saturated heterocycles. The Kier molecular flexibility index (Phi) is 5.20. The van der Waals surface area contributed by atoms with Crippen LogP contribution in [0, 0.1) is 0 Å². The Balaban J connectivity index is 2.10. The molecule has 24 heavy (non-hydrogen) atoms. The highest BCUT2D eigenvalue weighted by Gasteiger charge is 2.14. The van der Waals surface area contributed by atoms with Crippen LogP contribution in [-0.4, -0.2) is 6.79 Å². The fourth-order valence-electron chi connectivity index (χ4n) is 2.82. The molecular formula is C22H22O2. The molecule has 2 nitrogen and oxygen atoms in total. The maximum atomic E-state index is 5.52. The average Bonchev–Trinajstić information content (AvgIpc) is 3.09. The normalized spacial score (nSPS) is 11.7. The lowest BCUT2D eigenvalue weighted by atomic mass is 9.97. The zero-order valence-electron chi connectivity index (χ0n) is 14.0. The number of hydrogen-bond acceptors (Lipinski definition) is 2. The molecule has 0 N–H and O–H groups in total. The molecule has 0 saturated carbocycles. The first-order valence-corrected chi connectivity index (χ1v) is 8.37. The molecule has 2 heteroatoms. The van der Waals surface area contributed by atoms with Crippen LogP contribution in [0.5, 0.6) is 11.5 Å². The third-order valence-corrected chi connectivity index (χ3v) is 3.99. The number of ether oxygens (including phenoxy) is 2. The monoisotopic (exact) mass is 318 g/mol. The van der Waals surface area contributed by atoms with E-state index in [1.54, 1.807) is 0 Å². The van der Waals surface area contributed by atoms with Gasteiger partial charge in [-0.3, -0.25) is 0 Å². The van der Waals surface area contributed by atoms with E-state index in [9.17, 15) is 0 Å². The van der Waals surface area contributed by atoms with Gasteiger partial charge in [-0.1, -0.05) is 55.8 Å². The molecule has 0 amide bonds. The first kappa shape index (κ1) is 16.2. The van der Waals surface area contributed by atoms with Crippen LogP contribution in [-0.2, 0) is 0 Å². The second-order valence-electron chi connectivity index (χ2n) is 5.76. The van der Waals surface area contributed by atoms with Gasteiger partial charge in [-0.05, 0) is 36.1 Å². The summed E-state index contributed by atoms with van der Waals surface area (Å²) in [5.74, 6) is 1.63. The topological polar surface area (TPSA) is 18.5 Å². The van der Waals surface area contributed by atoms with Crippen molar-refractivity contribution in [1.82, 2.24) is 0 Å². The van der Waals surface area contributed by atoms with Crippen molar-refractivity contribution in [3.63, 3.8) is 0 Å². The van der Waals surface area contributed by atoms with Crippen molar-refractivity contribution in [3.05, 3.63) is 78.0 Å². The molecule has 0 spiro atoms. The van der Waals surface area contributed by atoms with Crippen LogP contribution < -0.4 is 9.47 Å². The highest BCUT2D eigenvalue weighted by Crippen LogP contribution is 2.35. The smallest absolute Gasteiger partial charge is 0.231 e. The van der Waals surface area contributed by atoms with Gasteiger partial charge < -0.3 is 9.47 Å². The van der Waals surface area contributed by atoms with E-state index in [1.165, 1.54) is 11.1 Å². The molecule has 0 aromatic heterocycles. The summed E-state index contributed by atoms with van der Waals surface area (Å²) in [4.78, 5) is 0. The number of benzene rings is 2. The van der Waals surface area contributed by atoms with Crippen molar-refractivity contribution in [1.29, 1.82) is 0 Å². The van der Waals surface area contributed by atoms with Crippen molar-refractivity contribution in [2.24, 2.45) is 0 Å². The number of allylic oxidation sites excluding steroid dienone is 2. The standard InChI is InChI=1S/C22H22O2/c1-3-8-18(17-10-6-5-7-11-17)14-19(9-4-2)20-12-13-21-22(15-20)24-16-23-21/h3,5-7,10-13,15H,1,4,8-9,16H2,2H3. The summed E-state index contributed by atoms with van der Waals surface area (Å²) in [5, 5.41) is 0. The Hall–Kier alpha value is -2.70. The minimum atomic E-state index is 0.299. The van der Waals surface area contributed by atoms with E-state index in [4.69, 9.17) is 9.47 Å². The van der Waals surface area contributed by atoms with Gasteiger partial charge in [0, 0.05) is 11.1 Å². The van der Waals surface area contributed by atoms with Crippen LogP contribution in [0.4, 0.5) is 0 Å². The summed E-state index contributed by atoms with van der Waals surface area (Å²) in [6.45, 7) is 6.38. The average molecular weight is 318 g/mol. The van der Waals surface area contributed by atoms with Gasteiger partial charge in [0.15, 0.2) is 11.5 Å². The van der Waals surface area contributed by atoms with Crippen molar-refractivity contribution in [2.75, 3.05) is 6.79 Å². The van der Waals surface area contributed by atoms with Gasteiger partial charge in [0.05, 0.1) is 0 Å². The van der Waals surface area contributed by atoms with Gasteiger partial charge in [-0.25, -0.2) is 0 Å². The van der Waals surface area contributed by atoms with Gasteiger partial charge in [0.1, 0.15) is 0 Å². The predicted octanol–water partition coefficient (Wildman–Crippen LogP) is 5.86. The van der Waals surface area contributed by atoms with Gasteiger partial charge in [-0.15, -0.1) is 12.3 Å². The van der Waals surface area contributed by atoms with Gasteiger partial charge in [0.2, 0.25) is 6.79 Å². The van der Waals surface area contributed by atoms with E-state index in [1.807, 2.05) is 18.2 Å². The molecule has 1 aliphatic heterocycles. The second kappa shape index (κ2) is 7.72. The second-order valence-corrected chi connectivity index (χ2v) is 5.76. The minimum Gasteiger partial charge on any atom is -0.454 e. The lowest BCUT2D eigenvalue weighted by Crippen LogP contribution is -1.92. The Bertz CT molecular complexity index is 781. The molecule has 0 radical (unpaired) electrons. The Morgan fingerprint density at radius 1 is 1.04 bits per heavy atom. The first-order chi connectivity index (χ1) is 11.8. The zero-order chi connectivity index (χ0) is 16.8. The minimum absolute atomic E-state index is 0.299. The maximum absolute atomic E-state index is 5.52. The van der Waals surface area contributed by atoms with E-state index < -0.39 is 0 Å². The van der Waals surface area contributed by atoms with E-state index >= 15 is 0 Å². The summed E-state index contributed by atoms with van der Waals surface area (Å²) in [6.07, 6.45) is 4.75. The first-order valence-electron chi connectivity index (χ1n) is 8.37. The lowest BCUT2D eigenvalue weighted by molar-refractivity contribution is 0.174. The largest absolute Gasteiger partial charge is 0.454 e. The third kappa shape index (κ3) is 3.61. The van der Waals surface area contributed by atoms with Crippen molar-refractivity contribution < 1.29 is 9.47 Å². The summed E-state index contributed by atoms with van der Waals surface area (Å²) >= 11 is 0. The molecule has 0 fully saturated rings. The van der Waals surface area contributed by atoms with Crippen LogP contribution in [0.1, 0.15) is 37.3 Å². The van der Waals surface area contributed by atoms with Crippen molar-refractivity contribution >= 4 is 11.1 Å². The van der Waals surface area contributed by atoms with Crippen LogP contribution in [0.25, 0.3) is 11.1 Å². The Morgan fingerprint density at radius 3 is 2.58 bits per heavy atom. The quantitative estimate of drug-likeness (QED) is 0.491. The lowest BCUT2D eigenvalue weighted by Gasteiger charge is -2.08. The Morgan fingerprint density at radius 2 is 1.83 bits per heavy atom. The summed E-state index contributed by atoms with van der Waals surface area (Å²) in [6, 6.07) is 16.5. The molecule has 2 aromatic rings. The molecule has 1 aliphatic rings. The van der Waals surface area contributed by atoms with E-state index in [0.717, 1.165) is 41.9 Å². The molecule has 0 aliphatic carbocycles. The van der Waals surface area contributed by atoms with Crippen molar-refractivity contribution in [2.45, 2.75) is 26.2 Å². The summed E-state index contributed by atoms with van der Waals surface area (Å²) < 4.78 is 10.9. The molecule has 0 unspecified atom stereocenters. The number of hydrogen-bond donors (Lipinski definition) is 0. The van der Waals surface area contributed by atoms with Crippen LogP contribution in [0.3, 0.4) is 0 Å². The van der Waals surface area contributed by atoms with E-state index in [0.29, 0.717) is 6.79 Å². The predicted molar refractivity (Wildman–Crippen MR) is 99.1 cm³/mol. The molecule has 2 aromatic carbocycles. The summed E-state index contributed by atoms with van der Waals surface area (Å²) in [5.41, 5.74) is 8.32. The Labute approximate surface area is 143 Å². The van der Waals surface area contributed by atoms with Crippen molar-refractivity contribution in [3.8, 4) is 11.5 Å². The fraction of sp³-hybridized carbons (Fsp3) is 0.227. The molecule has 122 valence electrons. The SMILES string of the molecule is C=CCC(=C=C(CCC)c1ccc2c(c1)OCO2)c1ccccc1. The third-order valence-electron chi connectivity index (χ3n) is 3.99. The fourth-order valence-corrected chi connectivity index (χ4v) is 2.82. The number of fused-ring (bicyclic) bond motifs is 1. The zero-order valence-corrected chi connectivity index (χ0v) is 14.0. The molecule has 0 bridgehead atoms. The van der Waals surface area contributed by atoms with E-state index in [-0.39, 0.29) is 0 Å². The molecule has 3 rings (SSSR count). The van der Waals surface area contributed by atoms with Gasteiger partial charge >= 0.3 is 0 Å². The van der Waals surface area contributed by atoms with Crippen LogP contribution >= 0.6 is 0 Å². The van der Waals surface area contributed by atoms with Gasteiger partial charge in [-0.2, -0.15) is 0 Å². The highest BCUT2D eigenvalue weighted by molar-refractivity contribution is 5.76. The molecular weight excluding hydrogens is 296 g/mol. The van der Waals surface area contributed by atoms with Gasteiger partial charge in [0.25, 0.3) is 0 Å². The highest BCUT2D eigenvalue weighted by atomic mass is 16.7. The van der Waals surface area contributed by atoms with Crippen LogP contribution in [0.2, 0.25) is 0 Å². The van der Waals surface area contributed by atoms with E-state index in [2.05, 4.69) is 55.6 Å². The maximum Gasteiger partial charge on any atom is 0.231 e.